The third kappa shape index (κ3) is 3.90. The Balaban J connectivity index is 1.63. The molecule has 3 rings (SSSR count). The fraction of sp³-hybridized carbons (Fsp3) is 0.471. The quantitative estimate of drug-likeness (QED) is 0.642. The number of nitrogens with one attached hydrogen (secondary N) is 1. The summed E-state index contributed by atoms with van der Waals surface area (Å²) in [5.74, 6) is 6.74. The Hall–Kier alpha value is -2.02. The maximum absolute atomic E-state index is 12.4. The van der Waals surface area contributed by atoms with Gasteiger partial charge in [-0.1, -0.05) is 61.4 Å². The van der Waals surface area contributed by atoms with Crippen LogP contribution in [0.1, 0.15) is 39.0 Å². The van der Waals surface area contributed by atoms with Gasteiger partial charge >= 0.3 is 0 Å². The van der Waals surface area contributed by atoms with E-state index in [1.807, 2.05) is 37.3 Å². The van der Waals surface area contributed by atoms with Gasteiger partial charge in [0.1, 0.15) is 0 Å². The van der Waals surface area contributed by atoms with E-state index < -0.39 is 0 Å². The smallest absolute Gasteiger partial charge is 0.233 e. The number of nitrogen functional groups attached to an aromatic ring is 1. The van der Waals surface area contributed by atoms with Crippen molar-refractivity contribution in [2.75, 3.05) is 5.84 Å². The van der Waals surface area contributed by atoms with Crippen LogP contribution in [-0.4, -0.2) is 32.1 Å². The Labute approximate surface area is 146 Å². The summed E-state index contributed by atoms with van der Waals surface area (Å²) in [6.07, 6.45) is 5.83. The van der Waals surface area contributed by atoms with Gasteiger partial charge in [-0.15, -0.1) is 10.2 Å². The van der Waals surface area contributed by atoms with Gasteiger partial charge in [-0.2, -0.15) is 0 Å². The van der Waals surface area contributed by atoms with Gasteiger partial charge in [0.25, 0.3) is 0 Å². The first-order valence-corrected chi connectivity index (χ1v) is 9.26. The molecule has 1 aliphatic rings. The lowest BCUT2D eigenvalue weighted by atomic mass is 9.95. The predicted molar refractivity (Wildman–Crippen MR) is 95.9 cm³/mol. The highest BCUT2D eigenvalue weighted by Gasteiger charge is 2.23. The lowest BCUT2D eigenvalue weighted by Crippen LogP contribution is -2.40. The number of aromatic nitrogens is 3. The highest BCUT2D eigenvalue weighted by molar-refractivity contribution is 8.00. The number of nitrogens with zero attached hydrogens (tertiary/aromatic N) is 3. The zero-order valence-electron chi connectivity index (χ0n) is 13.8. The molecule has 1 aliphatic carbocycles. The molecular formula is C17H23N5OS. The summed E-state index contributed by atoms with van der Waals surface area (Å²) in [4.78, 5) is 12.4. The number of carbonyl (C=O) groups is 1. The van der Waals surface area contributed by atoms with Crippen molar-refractivity contribution < 1.29 is 4.79 Å². The molecule has 2 aromatic rings. The zero-order valence-corrected chi connectivity index (χ0v) is 14.6. The number of benzene rings is 1. The number of rotatable bonds is 5. The summed E-state index contributed by atoms with van der Waals surface area (Å²) >= 11 is 1.33. The molecule has 0 radical (unpaired) electrons. The molecule has 1 heterocycles. The summed E-state index contributed by atoms with van der Waals surface area (Å²) < 4.78 is 1.45. The van der Waals surface area contributed by atoms with Crippen molar-refractivity contribution in [2.45, 2.75) is 55.5 Å². The van der Waals surface area contributed by atoms with Gasteiger partial charge in [-0.3, -0.25) is 4.79 Å². The fourth-order valence-corrected chi connectivity index (χ4v) is 3.70. The maximum atomic E-state index is 12.4. The average molecular weight is 345 g/mol. The molecule has 7 heteroatoms. The third-order valence-corrected chi connectivity index (χ3v) is 5.36. The zero-order chi connectivity index (χ0) is 16.9. The molecule has 1 atom stereocenters. The maximum Gasteiger partial charge on any atom is 0.233 e. The molecule has 0 bridgehead atoms. The second kappa shape index (κ2) is 7.70. The van der Waals surface area contributed by atoms with Crippen LogP contribution in [0.25, 0.3) is 11.4 Å². The van der Waals surface area contributed by atoms with E-state index in [9.17, 15) is 4.79 Å². The van der Waals surface area contributed by atoms with Crippen molar-refractivity contribution in [3.8, 4) is 11.4 Å². The van der Waals surface area contributed by atoms with Gasteiger partial charge in [-0.25, -0.2) is 4.68 Å². The van der Waals surface area contributed by atoms with Crippen LogP contribution < -0.4 is 11.2 Å². The van der Waals surface area contributed by atoms with Gasteiger partial charge < -0.3 is 11.2 Å². The first-order valence-electron chi connectivity index (χ1n) is 8.38. The van der Waals surface area contributed by atoms with Crippen LogP contribution in [0.5, 0.6) is 0 Å². The first-order chi connectivity index (χ1) is 11.6. The number of thioether (sulfide) groups is 1. The summed E-state index contributed by atoms with van der Waals surface area (Å²) in [5.41, 5.74) is 0.902. The molecule has 1 unspecified atom stereocenters. The lowest BCUT2D eigenvalue weighted by Gasteiger charge is -2.24. The van der Waals surface area contributed by atoms with Gasteiger partial charge in [0.05, 0.1) is 5.25 Å². The molecule has 1 saturated carbocycles. The van der Waals surface area contributed by atoms with Gasteiger partial charge in [0.15, 0.2) is 5.82 Å². The molecule has 128 valence electrons. The Kier molecular flexibility index (Phi) is 5.40. The van der Waals surface area contributed by atoms with Crippen molar-refractivity contribution in [3.05, 3.63) is 30.3 Å². The van der Waals surface area contributed by atoms with Crippen molar-refractivity contribution in [3.63, 3.8) is 0 Å². The number of carbonyl (C=O) groups excluding carboxylic acids is 1. The largest absolute Gasteiger partial charge is 0.352 e. The van der Waals surface area contributed by atoms with E-state index in [0.29, 0.717) is 17.0 Å². The van der Waals surface area contributed by atoms with Crippen LogP contribution >= 0.6 is 11.8 Å². The molecule has 1 fully saturated rings. The molecule has 0 saturated heterocycles. The normalized spacial score (nSPS) is 16.7. The van der Waals surface area contributed by atoms with Crippen LogP contribution in [0.4, 0.5) is 0 Å². The fourth-order valence-electron chi connectivity index (χ4n) is 2.92. The van der Waals surface area contributed by atoms with Crippen molar-refractivity contribution >= 4 is 17.7 Å². The molecule has 24 heavy (non-hydrogen) atoms. The summed E-state index contributed by atoms with van der Waals surface area (Å²) in [5, 5.41) is 11.7. The van der Waals surface area contributed by atoms with E-state index in [1.54, 1.807) is 0 Å². The standard InChI is InChI=1S/C17H23N5OS/c1-12(16(23)19-14-10-6-3-7-11-14)24-17-21-20-15(22(17)18)13-8-4-2-5-9-13/h2,4-5,8-9,12,14H,3,6-7,10-11,18H2,1H3,(H,19,23). The Morgan fingerprint density at radius 1 is 1.25 bits per heavy atom. The van der Waals surface area contributed by atoms with Crippen LogP contribution in [0.2, 0.25) is 0 Å². The van der Waals surface area contributed by atoms with Gasteiger partial charge in [0.2, 0.25) is 11.1 Å². The van der Waals surface area contributed by atoms with Crippen molar-refractivity contribution in [1.29, 1.82) is 0 Å². The summed E-state index contributed by atoms with van der Waals surface area (Å²) in [7, 11) is 0. The van der Waals surface area contributed by atoms with Gasteiger partial charge in [0, 0.05) is 11.6 Å². The van der Waals surface area contributed by atoms with E-state index in [1.165, 1.54) is 35.7 Å². The topological polar surface area (TPSA) is 85.8 Å². The minimum absolute atomic E-state index is 0.0381. The number of hydrogen-bond donors (Lipinski definition) is 2. The minimum Gasteiger partial charge on any atom is -0.352 e. The van der Waals surface area contributed by atoms with Crippen LogP contribution in [0, 0.1) is 0 Å². The Bertz CT molecular complexity index is 682. The number of amides is 1. The predicted octanol–water partition coefficient (Wildman–Crippen LogP) is 2.59. The Morgan fingerprint density at radius 2 is 1.96 bits per heavy atom. The molecule has 3 N–H and O–H groups in total. The van der Waals surface area contributed by atoms with E-state index in [2.05, 4.69) is 15.5 Å². The SMILES string of the molecule is CC(Sc1nnc(-c2ccccc2)n1N)C(=O)NC1CCCCC1. The van der Waals surface area contributed by atoms with E-state index >= 15 is 0 Å². The van der Waals surface area contributed by atoms with Gasteiger partial charge in [-0.05, 0) is 19.8 Å². The molecule has 0 spiro atoms. The molecule has 1 amide bonds. The lowest BCUT2D eigenvalue weighted by molar-refractivity contribution is -0.121. The third-order valence-electron chi connectivity index (χ3n) is 4.30. The first kappa shape index (κ1) is 16.8. The van der Waals surface area contributed by atoms with E-state index in [4.69, 9.17) is 5.84 Å². The molecule has 1 aromatic carbocycles. The molecule has 6 nitrogen and oxygen atoms in total. The number of hydrogen-bond acceptors (Lipinski definition) is 5. The summed E-state index contributed by atoms with van der Waals surface area (Å²) in [6, 6.07) is 9.97. The van der Waals surface area contributed by atoms with Crippen molar-refractivity contribution in [2.24, 2.45) is 0 Å². The molecular weight excluding hydrogens is 322 g/mol. The molecule has 1 aromatic heterocycles. The highest BCUT2D eigenvalue weighted by Crippen LogP contribution is 2.25. The van der Waals surface area contributed by atoms with Crippen LogP contribution in [0.3, 0.4) is 0 Å². The Morgan fingerprint density at radius 3 is 2.67 bits per heavy atom. The second-order valence-corrected chi connectivity index (χ2v) is 7.45. The second-order valence-electron chi connectivity index (χ2n) is 6.15. The van der Waals surface area contributed by atoms with Crippen LogP contribution in [0.15, 0.2) is 35.5 Å². The molecule has 0 aliphatic heterocycles. The highest BCUT2D eigenvalue weighted by atomic mass is 32.2. The monoisotopic (exact) mass is 345 g/mol. The average Bonchev–Trinajstić information content (AvgIpc) is 2.97. The van der Waals surface area contributed by atoms with E-state index in [0.717, 1.165) is 18.4 Å². The summed E-state index contributed by atoms with van der Waals surface area (Å²) in [6.45, 7) is 1.87. The van der Waals surface area contributed by atoms with E-state index in [-0.39, 0.29) is 11.2 Å². The van der Waals surface area contributed by atoms with Crippen molar-refractivity contribution in [1.82, 2.24) is 20.2 Å². The number of nitrogens with two attached hydrogens (primary N) is 1. The van der Waals surface area contributed by atoms with Crippen LogP contribution in [-0.2, 0) is 4.79 Å². The minimum atomic E-state index is -0.262.